The largest absolute Gasteiger partial charge is 0.394 e. The van der Waals surface area contributed by atoms with Crippen molar-refractivity contribution in [1.82, 2.24) is 0 Å². The molecule has 10 heavy (non-hydrogen) atoms. The van der Waals surface area contributed by atoms with E-state index in [-0.39, 0.29) is 19.8 Å². The van der Waals surface area contributed by atoms with Crippen LogP contribution in [0.15, 0.2) is 0 Å². The van der Waals surface area contributed by atoms with Crippen molar-refractivity contribution in [2.45, 2.75) is 0 Å². The van der Waals surface area contributed by atoms with Crippen LogP contribution >= 0.6 is 0 Å². The molecule has 0 saturated heterocycles. The summed E-state index contributed by atoms with van der Waals surface area (Å²) in [6.07, 6.45) is 0. The maximum Gasteiger partial charge on any atom is 0.0697 e. The molecule has 0 unspecified atom stereocenters. The van der Waals surface area contributed by atoms with E-state index in [1.807, 2.05) is 0 Å². The molecule has 3 N–H and O–H groups in total. The molecular formula is C6H15O4. The second-order valence-corrected chi connectivity index (χ2v) is 1.28. The molecule has 63 valence electrons. The minimum absolute atomic E-state index is 0.0928. The summed E-state index contributed by atoms with van der Waals surface area (Å²) in [6.45, 7) is 4.08. The highest BCUT2D eigenvalue weighted by Crippen LogP contribution is 1.66. The van der Waals surface area contributed by atoms with Gasteiger partial charge >= 0.3 is 0 Å². The molecule has 0 fully saturated rings. The van der Waals surface area contributed by atoms with Gasteiger partial charge in [-0.3, -0.25) is 0 Å². The second-order valence-electron chi connectivity index (χ2n) is 1.28. The third-order valence-corrected chi connectivity index (χ3v) is 0.480. The van der Waals surface area contributed by atoms with Crippen LogP contribution in [0.2, 0.25) is 0 Å². The molecule has 0 saturated carbocycles. The van der Waals surface area contributed by atoms with Gasteiger partial charge < -0.3 is 20.1 Å². The minimum atomic E-state index is -0.125. The fraction of sp³-hybridized carbons (Fsp3) is 0.833. The summed E-state index contributed by atoms with van der Waals surface area (Å²) in [5, 5.41) is 23.3. The first-order valence-electron chi connectivity index (χ1n) is 3.03. The first-order valence-corrected chi connectivity index (χ1v) is 3.03. The summed E-state index contributed by atoms with van der Waals surface area (Å²) in [7, 11) is 0. The van der Waals surface area contributed by atoms with Crippen molar-refractivity contribution in [2.75, 3.05) is 33.0 Å². The van der Waals surface area contributed by atoms with E-state index in [4.69, 9.17) is 15.3 Å². The van der Waals surface area contributed by atoms with Crippen molar-refractivity contribution < 1.29 is 20.1 Å². The molecule has 0 aliphatic carbocycles. The van der Waals surface area contributed by atoms with Crippen molar-refractivity contribution >= 4 is 0 Å². The normalized spacial score (nSPS) is 8.40. The summed E-state index contributed by atoms with van der Waals surface area (Å²) in [5.74, 6) is 0. The molecule has 0 aromatic heterocycles. The molecule has 0 aromatic rings. The fourth-order valence-corrected chi connectivity index (χ4v) is 0.167. The van der Waals surface area contributed by atoms with E-state index in [1.54, 1.807) is 0 Å². The maximum atomic E-state index is 8.04. The number of hydrogen-bond donors (Lipinski definition) is 3. The van der Waals surface area contributed by atoms with Crippen molar-refractivity contribution in [2.24, 2.45) is 0 Å². The zero-order valence-corrected chi connectivity index (χ0v) is 5.99. The standard InChI is InChI=1S/C4H9O2.C2H6O2/c1-2-6-4-3-5;3-1-2-4/h5H,1-4H2;3-4H,1-2H2. The Hall–Kier alpha value is -0.160. The van der Waals surface area contributed by atoms with Gasteiger partial charge in [0.2, 0.25) is 0 Å². The molecule has 4 heteroatoms. The first kappa shape index (κ1) is 12.5. The van der Waals surface area contributed by atoms with Crippen LogP contribution in [-0.2, 0) is 4.74 Å². The van der Waals surface area contributed by atoms with Crippen LogP contribution in [0.4, 0.5) is 0 Å². The van der Waals surface area contributed by atoms with Gasteiger partial charge in [0, 0.05) is 6.61 Å². The van der Waals surface area contributed by atoms with Gasteiger partial charge in [-0.05, 0) is 6.92 Å². The van der Waals surface area contributed by atoms with E-state index in [0.29, 0.717) is 13.2 Å². The Morgan fingerprint density at radius 3 is 1.60 bits per heavy atom. The average molecular weight is 151 g/mol. The molecule has 0 spiro atoms. The summed E-state index contributed by atoms with van der Waals surface area (Å²) >= 11 is 0. The van der Waals surface area contributed by atoms with Crippen LogP contribution in [0, 0.1) is 6.92 Å². The second kappa shape index (κ2) is 15.9. The van der Waals surface area contributed by atoms with Crippen molar-refractivity contribution in [3.05, 3.63) is 6.92 Å². The smallest absolute Gasteiger partial charge is 0.0697 e. The number of aliphatic hydroxyl groups excluding tert-OH is 3. The van der Waals surface area contributed by atoms with Crippen LogP contribution in [0.3, 0.4) is 0 Å². The highest BCUT2D eigenvalue weighted by Gasteiger charge is 1.73. The summed E-state index contributed by atoms with van der Waals surface area (Å²) in [5.41, 5.74) is 0. The minimum Gasteiger partial charge on any atom is -0.394 e. The van der Waals surface area contributed by atoms with Gasteiger partial charge in [-0.1, -0.05) is 0 Å². The van der Waals surface area contributed by atoms with Crippen LogP contribution in [0.25, 0.3) is 0 Å². The highest BCUT2D eigenvalue weighted by atomic mass is 16.5. The zero-order chi connectivity index (χ0) is 8.24. The van der Waals surface area contributed by atoms with E-state index >= 15 is 0 Å². The molecule has 0 bridgehead atoms. The molecule has 1 radical (unpaired) electrons. The molecular weight excluding hydrogens is 136 g/mol. The third-order valence-electron chi connectivity index (χ3n) is 0.480. The highest BCUT2D eigenvalue weighted by molar-refractivity contribution is 4.28. The average Bonchev–Trinajstić information content (AvgIpc) is 2.01. The quantitative estimate of drug-likeness (QED) is 0.441. The predicted octanol–water partition coefficient (Wildman–Crippen LogP) is -1.20. The van der Waals surface area contributed by atoms with Gasteiger partial charge in [-0.15, -0.1) is 0 Å². The molecule has 0 atom stereocenters. The van der Waals surface area contributed by atoms with Crippen LogP contribution in [0.5, 0.6) is 0 Å². The fourth-order valence-electron chi connectivity index (χ4n) is 0.167. The molecule has 0 rings (SSSR count). The Kier molecular flexibility index (Phi) is 19.9. The lowest BCUT2D eigenvalue weighted by atomic mass is 10.8. The third kappa shape index (κ3) is 24.9. The van der Waals surface area contributed by atoms with Crippen molar-refractivity contribution in [1.29, 1.82) is 0 Å². The summed E-state index contributed by atoms with van der Waals surface area (Å²) in [6, 6.07) is 0. The first-order chi connectivity index (χ1) is 4.83. The van der Waals surface area contributed by atoms with Crippen molar-refractivity contribution in [3.8, 4) is 0 Å². The van der Waals surface area contributed by atoms with E-state index in [1.165, 1.54) is 0 Å². The van der Waals surface area contributed by atoms with Gasteiger partial charge in [0.25, 0.3) is 0 Å². The van der Waals surface area contributed by atoms with Gasteiger partial charge in [0.05, 0.1) is 26.4 Å². The Morgan fingerprint density at radius 2 is 1.50 bits per heavy atom. The molecule has 0 amide bonds. The van der Waals surface area contributed by atoms with Crippen LogP contribution < -0.4 is 0 Å². The van der Waals surface area contributed by atoms with E-state index in [9.17, 15) is 0 Å². The number of aliphatic hydroxyl groups is 3. The van der Waals surface area contributed by atoms with Crippen LogP contribution in [-0.4, -0.2) is 48.4 Å². The number of hydrogen-bond acceptors (Lipinski definition) is 4. The Bertz CT molecular complexity index is 34.7. The van der Waals surface area contributed by atoms with E-state index in [2.05, 4.69) is 11.7 Å². The molecule has 4 nitrogen and oxygen atoms in total. The summed E-state index contributed by atoms with van der Waals surface area (Å²) in [4.78, 5) is 0. The predicted molar refractivity (Wildman–Crippen MR) is 37.4 cm³/mol. The monoisotopic (exact) mass is 151 g/mol. The molecule has 0 heterocycles. The Labute approximate surface area is 61.1 Å². The van der Waals surface area contributed by atoms with E-state index in [0.717, 1.165) is 0 Å². The maximum absolute atomic E-state index is 8.04. The lowest BCUT2D eigenvalue weighted by Crippen LogP contribution is -1.96. The SMILES string of the molecule is OCCO.[CH2]COCCO. The van der Waals surface area contributed by atoms with Gasteiger partial charge in [-0.25, -0.2) is 0 Å². The van der Waals surface area contributed by atoms with Gasteiger partial charge in [0.1, 0.15) is 0 Å². The van der Waals surface area contributed by atoms with Crippen molar-refractivity contribution in [3.63, 3.8) is 0 Å². The topological polar surface area (TPSA) is 69.9 Å². The van der Waals surface area contributed by atoms with E-state index < -0.39 is 0 Å². The number of ether oxygens (including phenoxy) is 1. The lowest BCUT2D eigenvalue weighted by molar-refractivity contribution is 0.111. The lowest BCUT2D eigenvalue weighted by Gasteiger charge is -1.91. The Balaban J connectivity index is 0. The van der Waals surface area contributed by atoms with Gasteiger partial charge in [0.15, 0.2) is 0 Å². The molecule has 0 aliphatic heterocycles. The summed E-state index contributed by atoms with van der Waals surface area (Å²) < 4.78 is 4.62. The van der Waals surface area contributed by atoms with Crippen LogP contribution in [0.1, 0.15) is 0 Å². The Morgan fingerprint density at radius 1 is 1.00 bits per heavy atom. The zero-order valence-electron chi connectivity index (χ0n) is 5.99. The molecule has 0 aliphatic rings. The van der Waals surface area contributed by atoms with Gasteiger partial charge in [-0.2, -0.15) is 0 Å². The number of rotatable bonds is 4. The molecule has 0 aromatic carbocycles.